The predicted octanol–water partition coefficient (Wildman–Crippen LogP) is 6.45. The third kappa shape index (κ3) is 13.3. The molecule has 5 nitrogen and oxygen atoms in total. The molecule has 1 rings (SSSR count). The molecule has 1 aromatic rings. The SMILES string of the molecule is CCCCCCCC/C=C/CC(CCSCCC(=O)OC)OS(=O)(=O)c1ccc(C)cc1. The Kier molecular flexibility index (Phi) is 15.4. The molecule has 1 atom stereocenters. The molecule has 0 amide bonds. The molecule has 0 aliphatic rings. The molecule has 0 N–H and O–H groups in total. The van der Waals surface area contributed by atoms with Crippen LogP contribution in [0.5, 0.6) is 0 Å². The van der Waals surface area contributed by atoms with Gasteiger partial charge in [0.05, 0.1) is 24.5 Å². The second-order valence-electron chi connectivity index (χ2n) is 7.98. The number of benzene rings is 1. The zero-order chi connectivity index (χ0) is 23.7. The molecule has 0 aliphatic heterocycles. The zero-order valence-electron chi connectivity index (χ0n) is 19.9. The first-order valence-corrected chi connectivity index (χ1v) is 14.2. The van der Waals surface area contributed by atoms with E-state index in [-0.39, 0.29) is 10.9 Å². The van der Waals surface area contributed by atoms with E-state index in [0.29, 0.717) is 25.0 Å². The monoisotopic (exact) mass is 484 g/mol. The topological polar surface area (TPSA) is 69.7 Å². The number of esters is 1. The smallest absolute Gasteiger partial charge is 0.306 e. The molecule has 1 unspecified atom stereocenters. The van der Waals surface area contributed by atoms with Gasteiger partial charge in [-0.05, 0) is 50.5 Å². The molecule has 182 valence electrons. The van der Waals surface area contributed by atoms with E-state index in [1.165, 1.54) is 39.2 Å². The van der Waals surface area contributed by atoms with Crippen molar-refractivity contribution in [1.29, 1.82) is 0 Å². The van der Waals surface area contributed by atoms with Crippen LogP contribution in [0.1, 0.15) is 76.7 Å². The minimum absolute atomic E-state index is 0.183. The molecular weight excluding hydrogens is 444 g/mol. The predicted molar refractivity (Wildman–Crippen MR) is 134 cm³/mol. The number of methoxy groups -OCH3 is 1. The maximum atomic E-state index is 12.7. The van der Waals surface area contributed by atoms with E-state index in [0.717, 1.165) is 24.2 Å². The first-order valence-electron chi connectivity index (χ1n) is 11.7. The number of rotatable bonds is 18. The van der Waals surface area contributed by atoms with Crippen molar-refractivity contribution in [2.75, 3.05) is 18.6 Å². The number of allylic oxidation sites excluding steroid dienone is 1. The molecule has 0 spiro atoms. The van der Waals surface area contributed by atoms with Crippen molar-refractivity contribution in [2.24, 2.45) is 0 Å². The van der Waals surface area contributed by atoms with Crippen LogP contribution in [0, 0.1) is 6.92 Å². The van der Waals surface area contributed by atoms with Crippen molar-refractivity contribution in [3.8, 4) is 0 Å². The standard InChI is InChI=1S/C25H40O5S2/c1-4-5-6-7-8-9-10-11-12-13-23(18-20-31-21-19-25(26)29-3)30-32(27,28)24-16-14-22(2)15-17-24/h11-12,14-17,23H,4-10,13,18-21H2,1-3H3/b12-11+. The normalized spacial score (nSPS) is 12.8. The molecule has 0 saturated carbocycles. The molecule has 0 fully saturated rings. The van der Waals surface area contributed by atoms with Gasteiger partial charge in [-0.15, -0.1) is 0 Å². The molecule has 7 heteroatoms. The highest BCUT2D eigenvalue weighted by atomic mass is 32.2. The highest BCUT2D eigenvalue weighted by Gasteiger charge is 2.21. The fraction of sp³-hybridized carbons (Fsp3) is 0.640. The fourth-order valence-electron chi connectivity index (χ4n) is 3.13. The summed E-state index contributed by atoms with van der Waals surface area (Å²) >= 11 is 1.61. The number of unbranched alkanes of at least 4 members (excludes halogenated alkanes) is 6. The highest BCUT2D eigenvalue weighted by Crippen LogP contribution is 2.20. The molecular formula is C25H40O5S2. The summed E-state index contributed by atoms with van der Waals surface area (Å²) in [5.74, 6) is 1.14. The lowest BCUT2D eigenvalue weighted by Gasteiger charge is -2.16. The van der Waals surface area contributed by atoms with Crippen molar-refractivity contribution < 1.29 is 22.1 Å². The van der Waals surface area contributed by atoms with Crippen molar-refractivity contribution in [2.45, 2.75) is 89.1 Å². The first kappa shape index (κ1) is 28.7. The Morgan fingerprint density at radius 1 is 1.03 bits per heavy atom. The van der Waals surface area contributed by atoms with Gasteiger partial charge in [0.1, 0.15) is 0 Å². The minimum atomic E-state index is -3.81. The van der Waals surface area contributed by atoms with E-state index in [1.54, 1.807) is 36.0 Å². The lowest BCUT2D eigenvalue weighted by molar-refractivity contribution is -0.140. The van der Waals surface area contributed by atoms with Crippen molar-refractivity contribution in [3.05, 3.63) is 42.0 Å². The number of thioether (sulfide) groups is 1. The van der Waals surface area contributed by atoms with E-state index in [2.05, 4.69) is 17.7 Å². The Morgan fingerprint density at radius 3 is 2.41 bits per heavy atom. The van der Waals surface area contributed by atoms with Gasteiger partial charge in [0.2, 0.25) is 0 Å². The van der Waals surface area contributed by atoms with Crippen LogP contribution in [-0.2, 0) is 23.8 Å². The van der Waals surface area contributed by atoms with Gasteiger partial charge in [0.15, 0.2) is 0 Å². The van der Waals surface area contributed by atoms with Gasteiger partial charge in [0, 0.05) is 5.75 Å². The molecule has 0 saturated heterocycles. The third-order valence-electron chi connectivity index (χ3n) is 5.12. The number of carbonyl (C=O) groups excluding carboxylic acids is 1. The lowest BCUT2D eigenvalue weighted by Crippen LogP contribution is -2.19. The van der Waals surface area contributed by atoms with Gasteiger partial charge in [-0.25, -0.2) is 0 Å². The number of hydrogen-bond acceptors (Lipinski definition) is 6. The fourth-order valence-corrected chi connectivity index (χ4v) is 5.19. The molecule has 0 aromatic heterocycles. The Labute approximate surface area is 199 Å². The largest absolute Gasteiger partial charge is 0.469 e. The number of hydrogen-bond donors (Lipinski definition) is 0. The van der Waals surface area contributed by atoms with Crippen LogP contribution in [0.3, 0.4) is 0 Å². The van der Waals surface area contributed by atoms with Gasteiger partial charge in [-0.1, -0.05) is 68.9 Å². The summed E-state index contributed by atoms with van der Waals surface area (Å²) in [4.78, 5) is 11.4. The van der Waals surface area contributed by atoms with Crippen LogP contribution in [0.2, 0.25) is 0 Å². The Balaban J connectivity index is 2.55. The van der Waals surface area contributed by atoms with Gasteiger partial charge in [0.25, 0.3) is 10.1 Å². The summed E-state index contributed by atoms with van der Waals surface area (Å²) in [7, 11) is -2.43. The second kappa shape index (κ2) is 17.2. The number of carbonyl (C=O) groups is 1. The molecule has 0 aliphatic carbocycles. The van der Waals surface area contributed by atoms with Crippen molar-refractivity contribution in [3.63, 3.8) is 0 Å². The van der Waals surface area contributed by atoms with Crippen LogP contribution in [0.15, 0.2) is 41.3 Å². The van der Waals surface area contributed by atoms with Gasteiger partial charge in [-0.2, -0.15) is 20.2 Å². The maximum Gasteiger partial charge on any atom is 0.306 e. The molecule has 0 radical (unpaired) electrons. The van der Waals surface area contributed by atoms with Crippen LogP contribution < -0.4 is 0 Å². The van der Waals surface area contributed by atoms with Gasteiger partial charge in [-0.3, -0.25) is 8.98 Å². The van der Waals surface area contributed by atoms with Crippen LogP contribution in [0.25, 0.3) is 0 Å². The third-order valence-corrected chi connectivity index (χ3v) is 7.52. The van der Waals surface area contributed by atoms with Crippen LogP contribution in [0.4, 0.5) is 0 Å². The Hall–Kier alpha value is -1.31. The molecule has 0 bridgehead atoms. The minimum Gasteiger partial charge on any atom is -0.469 e. The molecule has 32 heavy (non-hydrogen) atoms. The Bertz CT molecular complexity index is 757. The average Bonchev–Trinajstić information content (AvgIpc) is 2.77. The summed E-state index contributed by atoms with van der Waals surface area (Å²) in [5, 5.41) is 0. The van der Waals surface area contributed by atoms with Crippen LogP contribution in [-0.4, -0.2) is 39.1 Å². The van der Waals surface area contributed by atoms with E-state index in [4.69, 9.17) is 4.18 Å². The first-order chi connectivity index (χ1) is 15.4. The second-order valence-corrected chi connectivity index (χ2v) is 10.8. The van der Waals surface area contributed by atoms with E-state index in [9.17, 15) is 13.2 Å². The quantitative estimate of drug-likeness (QED) is 0.103. The van der Waals surface area contributed by atoms with Crippen LogP contribution >= 0.6 is 11.8 Å². The summed E-state index contributed by atoms with van der Waals surface area (Å²) in [6.07, 6.45) is 13.8. The highest BCUT2D eigenvalue weighted by molar-refractivity contribution is 7.99. The van der Waals surface area contributed by atoms with E-state index in [1.807, 2.05) is 13.0 Å². The van der Waals surface area contributed by atoms with Gasteiger partial charge >= 0.3 is 5.97 Å². The van der Waals surface area contributed by atoms with E-state index < -0.39 is 16.2 Å². The molecule has 1 aromatic carbocycles. The number of ether oxygens (including phenoxy) is 1. The van der Waals surface area contributed by atoms with E-state index >= 15 is 0 Å². The maximum absolute atomic E-state index is 12.7. The average molecular weight is 485 g/mol. The van der Waals surface area contributed by atoms with Crippen molar-refractivity contribution >= 4 is 27.8 Å². The Morgan fingerprint density at radius 2 is 1.72 bits per heavy atom. The summed E-state index contributed by atoms with van der Waals surface area (Å²) in [6, 6.07) is 6.71. The summed E-state index contributed by atoms with van der Waals surface area (Å²) in [6.45, 7) is 4.14. The van der Waals surface area contributed by atoms with Gasteiger partial charge < -0.3 is 4.74 Å². The number of aryl methyl sites for hydroxylation is 1. The summed E-state index contributed by atoms with van der Waals surface area (Å²) in [5.41, 5.74) is 1.00. The summed E-state index contributed by atoms with van der Waals surface area (Å²) < 4.78 is 35.7. The zero-order valence-corrected chi connectivity index (χ0v) is 21.5. The van der Waals surface area contributed by atoms with Crippen molar-refractivity contribution in [1.82, 2.24) is 0 Å². The molecule has 0 heterocycles. The lowest BCUT2D eigenvalue weighted by atomic mass is 10.1.